The summed E-state index contributed by atoms with van der Waals surface area (Å²) in [6.45, 7) is 11.6. The number of carbonyl (C=O) groups excluding carboxylic acids is 2. The van der Waals surface area contributed by atoms with E-state index in [1.807, 2.05) is 87.8 Å². The molecule has 2 aliphatic rings. The first-order valence-corrected chi connectivity index (χ1v) is 22.2. The minimum absolute atomic E-state index is 0.0539. The van der Waals surface area contributed by atoms with Crippen LogP contribution in [0.15, 0.2) is 89.0 Å². The van der Waals surface area contributed by atoms with Gasteiger partial charge >= 0.3 is 0 Å². The molecule has 13 nitrogen and oxygen atoms in total. The summed E-state index contributed by atoms with van der Waals surface area (Å²) >= 11 is 3.26. The number of aryl methyl sites for hydroxylation is 2. The van der Waals surface area contributed by atoms with Gasteiger partial charge in [0.05, 0.1) is 33.9 Å². The zero-order valence-corrected chi connectivity index (χ0v) is 36.1. The number of hydrogen-bond donors (Lipinski definition) is 3. The Kier molecular flexibility index (Phi) is 10.9. The van der Waals surface area contributed by atoms with Crippen molar-refractivity contribution in [2.24, 2.45) is 5.92 Å². The van der Waals surface area contributed by atoms with E-state index in [0.29, 0.717) is 28.6 Å². The number of carbonyl (C=O) groups is 2. The highest BCUT2D eigenvalue weighted by Crippen LogP contribution is 2.42. The fraction of sp³-hybridized carbons (Fsp3) is 0.326. The molecule has 2 aromatic carbocycles. The van der Waals surface area contributed by atoms with E-state index < -0.39 is 18.1 Å². The lowest BCUT2D eigenvalue weighted by Crippen LogP contribution is -2.48. The monoisotopic (exact) mass is 854 g/mol. The zero-order chi connectivity index (χ0) is 42.5. The number of aliphatic hydroxyl groups is 1. The van der Waals surface area contributed by atoms with Crippen LogP contribution >= 0.6 is 22.7 Å². The SMILES string of the molecule is Cc1ncsc1-c1ccc([C@H](C)NC(=O)[C@@H]2C[C@@H](O)CN2C(=O)[C@@H](c2cc(-c3ccc(N4CC(c5sc6nnc(-c7ccccc7O)cc6c5C)C4)nc3)no2)C(C)C)cc1. The van der Waals surface area contributed by atoms with Gasteiger partial charge in [0.15, 0.2) is 0 Å². The van der Waals surface area contributed by atoms with E-state index in [-0.39, 0.29) is 42.5 Å². The number of para-hydroxylation sites is 1. The van der Waals surface area contributed by atoms with Crippen LogP contribution in [0, 0.1) is 19.8 Å². The average molecular weight is 855 g/mol. The number of anilines is 1. The van der Waals surface area contributed by atoms with Crippen molar-refractivity contribution in [2.75, 3.05) is 24.5 Å². The number of thiophene rings is 1. The summed E-state index contributed by atoms with van der Waals surface area (Å²) in [7, 11) is 0. The number of fused-ring (bicyclic) bond motifs is 1. The third-order valence-corrected chi connectivity index (χ3v) is 14.3. The van der Waals surface area contributed by atoms with Gasteiger partial charge < -0.3 is 29.9 Å². The van der Waals surface area contributed by atoms with Crippen molar-refractivity contribution in [3.8, 4) is 38.7 Å². The van der Waals surface area contributed by atoms with Gasteiger partial charge in [-0.25, -0.2) is 9.97 Å². The summed E-state index contributed by atoms with van der Waals surface area (Å²) in [5, 5.41) is 38.4. The van der Waals surface area contributed by atoms with Crippen molar-refractivity contribution in [3.63, 3.8) is 0 Å². The molecular formula is C46H46N8O5S2. The Morgan fingerprint density at radius 2 is 1.69 bits per heavy atom. The van der Waals surface area contributed by atoms with Crippen LogP contribution in [-0.2, 0) is 9.59 Å². The fourth-order valence-electron chi connectivity index (χ4n) is 8.49. The molecule has 9 rings (SSSR count). The van der Waals surface area contributed by atoms with E-state index in [2.05, 4.69) is 37.5 Å². The quantitative estimate of drug-likeness (QED) is 0.115. The molecule has 15 heteroatoms. The molecule has 0 spiro atoms. The molecule has 0 aliphatic carbocycles. The molecule has 2 fully saturated rings. The Morgan fingerprint density at radius 1 is 0.918 bits per heavy atom. The predicted molar refractivity (Wildman–Crippen MR) is 236 cm³/mol. The number of hydrogen-bond acceptors (Lipinski definition) is 13. The summed E-state index contributed by atoms with van der Waals surface area (Å²) in [6, 6.07) is 21.8. The summed E-state index contributed by atoms with van der Waals surface area (Å²) < 4.78 is 5.84. The Morgan fingerprint density at radius 3 is 2.39 bits per heavy atom. The number of aliphatic hydroxyl groups excluding tert-OH is 1. The molecule has 7 aromatic rings. The number of aromatic hydroxyl groups is 1. The maximum absolute atomic E-state index is 14.3. The molecule has 2 saturated heterocycles. The van der Waals surface area contributed by atoms with Gasteiger partial charge in [0.1, 0.15) is 39.8 Å². The predicted octanol–water partition coefficient (Wildman–Crippen LogP) is 8.04. The Bertz CT molecular complexity index is 2720. The number of amides is 2. The van der Waals surface area contributed by atoms with Gasteiger partial charge in [-0.1, -0.05) is 55.4 Å². The maximum Gasteiger partial charge on any atom is 0.243 e. The van der Waals surface area contributed by atoms with Crippen LogP contribution in [0.4, 0.5) is 5.82 Å². The lowest BCUT2D eigenvalue weighted by molar-refractivity contribution is -0.141. The number of benzene rings is 2. The Balaban J connectivity index is 0.840. The van der Waals surface area contributed by atoms with E-state index in [1.54, 1.807) is 47.1 Å². The third-order valence-electron chi connectivity index (χ3n) is 11.9. The smallest absolute Gasteiger partial charge is 0.243 e. The summed E-state index contributed by atoms with van der Waals surface area (Å²) in [4.78, 5) is 44.1. The first-order chi connectivity index (χ1) is 29.4. The molecule has 7 heterocycles. The van der Waals surface area contributed by atoms with Crippen molar-refractivity contribution >= 4 is 50.5 Å². The number of phenolic OH excluding ortho intramolecular Hbond substituents is 1. The lowest BCUT2D eigenvalue weighted by Gasteiger charge is -2.40. The minimum atomic E-state index is -0.829. The van der Waals surface area contributed by atoms with Crippen LogP contribution in [0.5, 0.6) is 5.75 Å². The molecule has 0 saturated carbocycles. The molecule has 2 aliphatic heterocycles. The number of rotatable bonds is 11. The van der Waals surface area contributed by atoms with Crippen molar-refractivity contribution in [1.29, 1.82) is 0 Å². The van der Waals surface area contributed by atoms with Crippen molar-refractivity contribution in [3.05, 3.63) is 112 Å². The molecular weight excluding hydrogens is 809 g/mol. The van der Waals surface area contributed by atoms with Crippen molar-refractivity contribution < 1.29 is 24.3 Å². The number of nitrogens with one attached hydrogen (secondary N) is 1. The van der Waals surface area contributed by atoms with E-state index in [4.69, 9.17) is 9.51 Å². The van der Waals surface area contributed by atoms with Crippen LogP contribution in [0.3, 0.4) is 0 Å². The second kappa shape index (κ2) is 16.4. The zero-order valence-electron chi connectivity index (χ0n) is 34.4. The number of likely N-dealkylation sites (tertiary alicyclic amines) is 1. The lowest BCUT2D eigenvalue weighted by atomic mass is 9.91. The maximum atomic E-state index is 14.3. The molecule has 5 aromatic heterocycles. The van der Waals surface area contributed by atoms with Crippen LogP contribution < -0.4 is 10.2 Å². The van der Waals surface area contributed by atoms with E-state index >= 15 is 0 Å². The van der Waals surface area contributed by atoms with Crippen molar-refractivity contribution in [2.45, 2.75) is 71.1 Å². The van der Waals surface area contributed by atoms with Gasteiger partial charge in [-0.05, 0) is 73.7 Å². The average Bonchev–Trinajstić information content (AvgIpc) is 4.05. The van der Waals surface area contributed by atoms with E-state index in [1.165, 1.54) is 15.3 Å². The Hall–Kier alpha value is -6.03. The van der Waals surface area contributed by atoms with Gasteiger partial charge in [0.2, 0.25) is 11.8 Å². The van der Waals surface area contributed by atoms with Gasteiger partial charge in [0, 0.05) is 65.6 Å². The number of thiazole rings is 1. The third kappa shape index (κ3) is 7.77. The molecule has 0 radical (unpaired) electrons. The van der Waals surface area contributed by atoms with E-state index in [0.717, 1.165) is 56.4 Å². The van der Waals surface area contributed by atoms with Gasteiger partial charge in [0.25, 0.3) is 0 Å². The Labute approximate surface area is 361 Å². The topological polar surface area (TPSA) is 171 Å². The molecule has 3 N–H and O–H groups in total. The second-order valence-corrected chi connectivity index (χ2v) is 18.3. The van der Waals surface area contributed by atoms with Crippen LogP contribution in [-0.4, -0.2) is 84.0 Å². The summed E-state index contributed by atoms with van der Waals surface area (Å²) in [6.07, 6.45) is 1.09. The highest BCUT2D eigenvalue weighted by atomic mass is 32.1. The van der Waals surface area contributed by atoms with Crippen LogP contribution in [0.2, 0.25) is 0 Å². The van der Waals surface area contributed by atoms with E-state index in [9.17, 15) is 19.8 Å². The molecule has 0 bridgehead atoms. The number of β-amino-alcohol motifs (C(OH)–C–C–N with tert-alkyl or cyclic N) is 1. The molecule has 61 heavy (non-hydrogen) atoms. The van der Waals surface area contributed by atoms with Gasteiger partial charge in [-0.2, -0.15) is 0 Å². The van der Waals surface area contributed by atoms with Gasteiger partial charge in [-0.3, -0.25) is 9.59 Å². The molecule has 312 valence electrons. The standard InChI is InChI=1S/C46H46N8O5S2/c1-24(2)41(46(58)54-22-32(55)16-37(54)44(57)49-26(4)28-10-12-29(13-11-28)43-27(5)48-23-60-43)39-18-35(52-59-39)30-14-15-40(47-19-30)53-20-31(21-53)42-25(3)34-17-36(50-51-45(34)61-42)33-8-6-7-9-38(33)56/h6-15,17-19,23-24,26,31-32,37,41,55-56H,16,20-22H2,1-5H3,(H,49,57)/t26-,32+,37-,41+/m0/s1. The number of nitrogens with zero attached hydrogens (tertiary/aromatic N) is 7. The second-order valence-electron chi connectivity index (χ2n) is 16.4. The first kappa shape index (κ1) is 40.4. The first-order valence-electron chi connectivity index (χ1n) is 20.5. The summed E-state index contributed by atoms with van der Waals surface area (Å²) in [5.74, 6) is 0.271. The summed E-state index contributed by atoms with van der Waals surface area (Å²) in [5.41, 5.74) is 8.62. The fourth-order valence-corrected chi connectivity index (χ4v) is 10.5. The number of aromatic nitrogens is 5. The van der Waals surface area contributed by atoms with Crippen LogP contribution in [0.25, 0.3) is 43.2 Å². The normalized spacial score (nSPS) is 17.8. The highest BCUT2D eigenvalue weighted by Gasteiger charge is 2.43. The number of phenols is 1. The highest BCUT2D eigenvalue weighted by molar-refractivity contribution is 7.19. The van der Waals surface area contributed by atoms with Gasteiger partial charge in [-0.15, -0.1) is 32.9 Å². The molecule has 4 atom stereocenters. The molecule has 0 unspecified atom stereocenters. The number of pyridine rings is 1. The molecule has 2 amide bonds. The largest absolute Gasteiger partial charge is 0.507 e. The van der Waals surface area contributed by atoms with Crippen molar-refractivity contribution in [1.82, 2.24) is 35.5 Å². The van der Waals surface area contributed by atoms with Crippen LogP contribution in [0.1, 0.15) is 72.5 Å². The minimum Gasteiger partial charge on any atom is -0.507 e.